The maximum atomic E-state index is 11.8. The lowest BCUT2D eigenvalue weighted by Gasteiger charge is -2.19. The average molecular weight is 300 g/mol. The Bertz CT molecular complexity index is 549. The van der Waals surface area contributed by atoms with Crippen molar-refractivity contribution in [1.82, 2.24) is 14.9 Å². The lowest BCUT2D eigenvalue weighted by atomic mass is 10.1. The zero-order valence-corrected chi connectivity index (χ0v) is 10.9. The van der Waals surface area contributed by atoms with Crippen molar-refractivity contribution in [2.24, 2.45) is 0 Å². The fourth-order valence-electron chi connectivity index (χ4n) is 2.47. The van der Waals surface area contributed by atoms with E-state index in [9.17, 15) is 20.1 Å². The maximum absolute atomic E-state index is 11.8. The predicted octanol–water partition coefficient (Wildman–Crippen LogP) is -3.03. The van der Waals surface area contributed by atoms with Crippen molar-refractivity contribution in [3.05, 3.63) is 12.0 Å². The van der Waals surface area contributed by atoms with Gasteiger partial charge in [0.25, 0.3) is 5.91 Å². The number of anilines is 1. The number of nitrogens with one attached hydrogen (secondary N) is 2. The number of ether oxygens (including phenoxy) is 1. The first kappa shape index (κ1) is 14.2. The van der Waals surface area contributed by atoms with Gasteiger partial charge < -0.3 is 35.8 Å². The maximum Gasteiger partial charge on any atom is 0.275 e. The van der Waals surface area contributed by atoms with Crippen LogP contribution in [0.25, 0.3) is 0 Å². The van der Waals surface area contributed by atoms with Gasteiger partial charge >= 0.3 is 0 Å². The van der Waals surface area contributed by atoms with Gasteiger partial charge in [-0.05, 0) is 0 Å². The number of rotatable bonds is 2. The number of nitrogens with zero attached hydrogens (tertiary/aromatic N) is 2. The molecule has 3 heterocycles. The Morgan fingerprint density at radius 2 is 2.14 bits per heavy atom. The van der Waals surface area contributed by atoms with E-state index in [-0.39, 0.29) is 18.1 Å². The molecule has 2 aliphatic rings. The smallest absolute Gasteiger partial charge is 0.275 e. The third kappa shape index (κ3) is 2.26. The first-order valence-corrected chi connectivity index (χ1v) is 6.45. The van der Waals surface area contributed by atoms with E-state index >= 15 is 0 Å². The van der Waals surface area contributed by atoms with Crippen molar-refractivity contribution in [1.29, 1.82) is 0 Å². The summed E-state index contributed by atoms with van der Waals surface area (Å²) in [6.45, 7) is -0.391. The Labute approximate surface area is 119 Å². The van der Waals surface area contributed by atoms with Crippen molar-refractivity contribution in [2.45, 2.75) is 30.8 Å². The Morgan fingerprint density at radius 1 is 1.38 bits per heavy atom. The predicted molar refractivity (Wildman–Crippen MR) is 67.2 cm³/mol. The zero-order valence-electron chi connectivity index (χ0n) is 10.9. The fraction of sp³-hybridized carbons (Fsp3) is 0.636. The van der Waals surface area contributed by atoms with Crippen LogP contribution in [-0.2, 0) is 4.74 Å². The van der Waals surface area contributed by atoms with Crippen LogP contribution >= 0.6 is 0 Å². The van der Waals surface area contributed by atoms with Gasteiger partial charge in [-0.1, -0.05) is 0 Å². The van der Waals surface area contributed by atoms with Gasteiger partial charge in [-0.25, -0.2) is 4.98 Å². The van der Waals surface area contributed by atoms with E-state index < -0.39 is 43.3 Å². The van der Waals surface area contributed by atoms with Gasteiger partial charge in [0, 0.05) is 0 Å². The van der Waals surface area contributed by atoms with Crippen LogP contribution in [0.3, 0.4) is 0 Å². The lowest BCUT2D eigenvalue weighted by Crippen LogP contribution is -2.37. The van der Waals surface area contributed by atoms with Crippen LogP contribution in [-0.4, -0.2) is 73.6 Å². The highest BCUT2D eigenvalue weighted by molar-refractivity contribution is 5.97. The lowest BCUT2D eigenvalue weighted by molar-refractivity contribution is -0.0519. The average Bonchev–Trinajstić information content (AvgIpc) is 2.95. The molecule has 10 heteroatoms. The monoisotopic (exact) mass is 300 g/mol. The second-order valence-corrected chi connectivity index (χ2v) is 4.95. The number of hydrogen-bond acceptors (Lipinski definition) is 8. The fourth-order valence-corrected chi connectivity index (χ4v) is 2.47. The Morgan fingerprint density at radius 3 is 2.81 bits per heavy atom. The molecule has 0 aliphatic carbocycles. The van der Waals surface area contributed by atoms with Crippen molar-refractivity contribution >= 4 is 11.7 Å². The number of fused-ring (bicyclic) bond motifs is 1. The minimum absolute atomic E-state index is 0.0456. The van der Waals surface area contributed by atoms with E-state index in [2.05, 4.69) is 15.6 Å². The van der Waals surface area contributed by atoms with E-state index in [1.807, 2.05) is 0 Å². The molecule has 0 aromatic carbocycles. The molecule has 1 aromatic rings. The summed E-state index contributed by atoms with van der Waals surface area (Å²) in [6, 6.07) is 0. The molecule has 5 atom stereocenters. The van der Waals surface area contributed by atoms with E-state index in [0.717, 1.165) is 0 Å². The zero-order chi connectivity index (χ0) is 15.1. The molecular formula is C11H16N4O6. The summed E-state index contributed by atoms with van der Waals surface area (Å²) in [5, 5.41) is 43.5. The van der Waals surface area contributed by atoms with Gasteiger partial charge in [-0.15, -0.1) is 0 Å². The van der Waals surface area contributed by atoms with Crippen molar-refractivity contribution in [3.8, 4) is 0 Å². The third-order valence-electron chi connectivity index (χ3n) is 3.56. The van der Waals surface area contributed by atoms with Gasteiger partial charge in [-0.2, -0.15) is 0 Å². The molecule has 1 fully saturated rings. The molecule has 6 N–H and O–H groups in total. The second-order valence-electron chi connectivity index (χ2n) is 4.95. The summed E-state index contributed by atoms with van der Waals surface area (Å²) < 4.78 is 6.74. The molecule has 2 aliphatic heterocycles. The Hall–Kier alpha value is -1.72. The molecule has 0 bridgehead atoms. The van der Waals surface area contributed by atoms with Gasteiger partial charge in [0.15, 0.2) is 11.9 Å². The largest absolute Gasteiger partial charge is 0.394 e. The normalized spacial score (nSPS) is 35.8. The minimum atomic E-state index is -1.28. The summed E-state index contributed by atoms with van der Waals surface area (Å²) in [5.41, 5.74) is 0.0456. The van der Waals surface area contributed by atoms with Gasteiger partial charge in [0.05, 0.1) is 19.5 Å². The van der Waals surface area contributed by atoms with E-state index in [1.165, 1.54) is 10.9 Å². The summed E-state index contributed by atoms with van der Waals surface area (Å²) in [4.78, 5) is 15.8. The van der Waals surface area contributed by atoms with Gasteiger partial charge in [0.1, 0.15) is 30.4 Å². The van der Waals surface area contributed by atoms with Crippen LogP contribution in [0.5, 0.6) is 0 Å². The van der Waals surface area contributed by atoms with Gasteiger partial charge in [-0.3, -0.25) is 9.36 Å². The van der Waals surface area contributed by atoms with E-state index in [0.29, 0.717) is 0 Å². The highest BCUT2D eigenvalue weighted by atomic mass is 16.6. The summed E-state index contributed by atoms with van der Waals surface area (Å²) in [7, 11) is 0. The topological polar surface area (TPSA) is 149 Å². The molecule has 1 aromatic heterocycles. The number of β-amino-alcohol motifs (C(OH)–C–C–N with tert-alkyl or cyclic N) is 1. The van der Waals surface area contributed by atoms with Crippen LogP contribution in [0.1, 0.15) is 16.7 Å². The number of hydrogen-bond donors (Lipinski definition) is 6. The summed E-state index contributed by atoms with van der Waals surface area (Å²) >= 11 is 0. The first-order chi connectivity index (χ1) is 10.0. The Kier molecular flexibility index (Phi) is 3.55. The van der Waals surface area contributed by atoms with Crippen LogP contribution in [0.4, 0.5) is 5.82 Å². The number of amides is 1. The van der Waals surface area contributed by atoms with Crippen molar-refractivity contribution in [3.63, 3.8) is 0 Å². The summed E-state index contributed by atoms with van der Waals surface area (Å²) in [6.07, 6.45) is -4.22. The highest BCUT2D eigenvalue weighted by Gasteiger charge is 2.44. The Balaban J connectivity index is 1.93. The SMILES string of the molecule is O=C1NC(O)CNc2c1ncn2[C@@H]1O[C@H](CO)[C@@H](O)[C@@H]1O. The molecule has 1 unspecified atom stereocenters. The van der Waals surface area contributed by atoms with Crippen LogP contribution < -0.4 is 10.6 Å². The number of aromatic nitrogens is 2. The molecule has 116 valence electrons. The standard InChI is InChI=1S/C11H16N4O6/c16-2-4-7(18)8(19)11(21-4)15-3-13-6-9(15)12-1-5(17)14-10(6)20/h3-5,7-8,11-12,16-19H,1-2H2,(H,14,20)/t4-,5?,7-,8+,11-/m1/s1. The van der Waals surface area contributed by atoms with Crippen molar-refractivity contribution < 1.29 is 30.0 Å². The molecule has 1 saturated heterocycles. The second kappa shape index (κ2) is 5.24. The van der Waals surface area contributed by atoms with Crippen LogP contribution in [0, 0.1) is 0 Å². The highest BCUT2D eigenvalue weighted by Crippen LogP contribution is 2.33. The number of aliphatic hydroxyl groups excluding tert-OH is 4. The third-order valence-corrected chi connectivity index (χ3v) is 3.56. The number of carbonyl (C=O) groups is 1. The number of imidazole rings is 1. The molecule has 3 rings (SSSR count). The number of aliphatic hydroxyl groups is 4. The van der Waals surface area contributed by atoms with Gasteiger partial charge in [0.2, 0.25) is 0 Å². The molecule has 0 radical (unpaired) electrons. The van der Waals surface area contributed by atoms with Crippen molar-refractivity contribution in [2.75, 3.05) is 18.5 Å². The quantitative estimate of drug-likeness (QED) is 0.338. The molecule has 21 heavy (non-hydrogen) atoms. The van der Waals surface area contributed by atoms with Crippen LogP contribution in [0.2, 0.25) is 0 Å². The first-order valence-electron chi connectivity index (χ1n) is 6.45. The molecule has 0 saturated carbocycles. The molecular weight excluding hydrogens is 284 g/mol. The van der Waals surface area contributed by atoms with Crippen LogP contribution in [0.15, 0.2) is 6.33 Å². The molecule has 0 spiro atoms. The molecule has 1 amide bonds. The summed E-state index contributed by atoms with van der Waals surface area (Å²) in [5.74, 6) is -0.299. The minimum Gasteiger partial charge on any atom is -0.394 e. The molecule has 10 nitrogen and oxygen atoms in total. The number of carbonyl (C=O) groups excluding carboxylic acids is 1. The van der Waals surface area contributed by atoms with E-state index in [1.54, 1.807) is 0 Å². The van der Waals surface area contributed by atoms with E-state index in [4.69, 9.17) is 9.84 Å².